The standard InChI is InChI=1S/C17H19Br/c1-12-5-7-13(8-6-12)15-11-14(17(2,3)4)9-10-16(15)18/h5-11H,1-4H3. The third-order valence-corrected chi connectivity index (χ3v) is 3.89. The monoisotopic (exact) mass is 302 g/mol. The van der Waals surface area contributed by atoms with Crippen LogP contribution < -0.4 is 0 Å². The second kappa shape index (κ2) is 4.89. The van der Waals surface area contributed by atoms with Crippen molar-refractivity contribution in [1.82, 2.24) is 0 Å². The molecule has 2 aromatic rings. The predicted molar refractivity (Wildman–Crippen MR) is 83.0 cm³/mol. The quantitative estimate of drug-likeness (QED) is 0.632. The summed E-state index contributed by atoms with van der Waals surface area (Å²) in [5, 5.41) is 0. The van der Waals surface area contributed by atoms with Gasteiger partial charge in [-0.3, -0.25) is 0 Å². The van der Waals surface area contributed by atoms with Crippen molar-refractivity contribution in [1.29, 1.82) is 0 Å². The molecule has 0 aromatic heterocycles. The highest BCUT2D eigenvalue weighted by Gasteiger charge is 2.15. The van der Waals surface area contributed by atoms with Gasteiger partial charge in [0.1, 0.15) is 0 Å². The first kappa shape index (κ1) is 13.4. The maximum Gasteiger partial charge on any atom is 0.0253 e. The van der Waals surface area contributed by atoms with Crippen molar-refractivity contribution in [3.05, 3.63) is 58.1 Å². The van der Waals surface area contributed by atoms with Gasteiger partial charge in [-0.1, -0.05) is 72.6 Å². The van der Waals surface area contributed by atoms with Crippen LogP contribution >= 0.6 is 15.9 Å². The molecular weight excluding hydrogens is 284 g/mol. The van der Waals surface area contributed by atoms with Crippen molar-refractivity contribution in [2.24, 2.45) is 0 Å². The molecule has 0 amide bonds. The van der Waals surface area contributed by atoms with Crippen LogP contribution in [0.4, 0.5) is 0 Å². The minimum atomic E-state index is 0.181. The van der Waals surface area contributed by atoms with Crippen LogP contribution in [-0.4, -0.2) is 0 Å². The fourth-order valence-electron chi connectivity index (χ4n) is 1.95. The Balaban J connectivity index is 2.53. The maximum atomic E-state index is 3.65. The highest BCUT2D eigenvalue weighted by molar-refractivity contribution is 9.10. The van der Waals surface area contributed by atoms with Crippen LogP contribution in [0.2, 0.25) is 0 Å². The maximum absolute atomic E-state index is 3.65. The molecule has 0 saturated heterocycles. The average Bonchev–Trinajstić information content (AvgIpc) is 2.29. The smallest absolute Gasteiger partial charge is 0.0253 e. The van der Waals surface area contributed by atoms with Gasteiger partial charge in [-0.25, -0.2) is 0 Å². The zero-order valence-corrected chi connectivity index (χ0v) is 13.0. The van der Waals surface area contributed by atoms with E-state index in [-0.39, 0.29) is 5.41 Å². The first-order chi connectivity index (χ1) is 8.38. The number of halogens is 1. The first-order valence-corrected chi connectivity index (χ1v) is 7.04. The summed E-state index contributed by atoms with van der Waals surface area (Å²) < 4.78 is 1.15. The lowest BCUT2D eigenvalue weighted by Gasteiger charge is -2.20. The first-order valence-electron chi connectivity index (χ1n) is 6.25. The lowest BCUT2D eigenvalue weighted by molar-refractivity contribution is 0.590. The van der Waals surface area contributed by atoms with E-state index in [1.165, 1.54) is 22.3 Å². The molecule has 1 heteroatoms. The van der Waals surface area contributed by atoms with Crippen molar-refractivity contribution in [3.8, 4) is 11.1 Å². The molecule has 0 nitrogen and oxygen atoms in total. The third kappa shape index (κ3) is 2.84. The molecule has 0 bridgehead atoms. The van der Waals surface area contributed by atoms with Crippen LogP contribution in [0.1, 0.15) is 31.9 Å². The van der Waals surface area contributed by atoms with E-state index in [1.54, 1.807) is 0 Å². The van der Waals surface area contributed by atoms with E-state index in [2.05, 4.69) is 86.1 Å². The lowest BCUT2D eigenvalue weighted by atomic mass is 9.85. The summed E-state index contributed by atoms with van der Waals surface area (Å²) in [5.74, 6) is 0. The van der Waals surface area contributed by atoms with Gasteiger partial charge in [0.25, 0.3) is 0 Å². The molecule has 2 rings (SSSR count). The fourth-order valence-corrected chi connectivity index (χ4v) is 2.42. The highest BCUT2D eigenvalue weighted by atomic mass is 79.9. The summed E-state index contributed by atoms with van der Waals surface area (Å²) in [5.41, 5.74) is 5.37. The molecule has 0 unspecified atom stereocenters. The number of rotatable bonds is 1. The molecular formula is C17H19Br. The number of aryl methyl sites for hydroxylation is 1. The Kier molecular flexibility index (Phi) is 3.63. The van der Waals surface area contributed by atoms with Crippen molar-refractivity contribution in [2.75, 3.05) is 0 Å². The summed E-state index contributed by atoms with van der Waals surface area (Å²) in [4.78, 5) is 0. The average molecular weight is 303 g/mol. The SMILES string of the molecule is Cc1ccc(-c2cc(C(C)(C)C)ccc2Br)cc1. The van der Waals surface area contributed by atoms with Crippen LogP contribution in [0.25, 0.3) is 11.1 Å². The molecule has 0 saturated carbocycles. The van der Waals surface area contributed by atoms with E-state index in [1.807, 2.05) is 0 Å². The molecule has 2 aromatic carbocycles. The van der Waals surface area contributed by atoms with E-state index in [0.717, 1.165) is 4.47 Å². The van der Waals surface area contributed by atoms with Crippen molar-refractivity contribution in [3.63, 3.8) is 0 Å². The molecule has 18 heavy (non-hydrogen) atoms. The molecule has 0 aliphatic carbocycles. The van der Waals surface area contributed by atoms with Gasteiger partial charge in [-0.2, -0.15) is 0 Å². The Morgan fingerprint density at radius 2 is 1.50 bits per heavy atom. The van der Waals surface area contributed by atoms with Crippen LogP contribution in [0.3, 0.4) is 0 Å². The van der Waals surface area contributed by atoms with E-state index >= 15 is 0 Å². The molecule has 0 N–H and O–H groups in total. The summed E-state index contributed by atoms with van der Waals surface area (Å²) in [6, 6.07) is 15.3. The second-order valence-electron chi connectivity index (χ2n) is 5.81. The van der Waals surface area contributed by atoms with Crippen LogP contribution in [0.15, 0.2) is 46.9 Å². The molecule has 0 radical (unpaired) electrons. The zero-order valence-electron chi connectivity index (χ0n) is 11.4. The molecule has 94 valence electrons. The summed E-state index contributed by atoms with van der Waals surface area (Å²) in [6.45, 7) is 8.85. The van der Waals surface area contributed by atoms with Crippen LogP contribution in [-0.2, 0) is 5.41 Å². The molecule has 0 aliphatic rings. The number of hydrogen-bond acceptors (Lipinski definition) is 0. The summed E-state index contributed by atoms with van der Waals surface area (Å²) in [6.07, 6.45) is 0. The highest BCUT2D eigenvalue weighted by Crippen LogP contribution is 2.33. The van der Waals surface area contributed by atoms with Crippen LogP contribution in [0, 0.1) is 6.92 Å². The number of hydrogen-bond donors (Lipinski definition) is 0. The van der Waals surface area contributed by atoms with E-state index < -0.39 is 0 Å². The van der Waals surface area contributed by atoms with Gasteiger partial charge in [0, 0.05) is 4.47 Å². The van der Waals surface area contributed by atoms with E-state index in [9.17, 15) is 0 Å². The Hall–Kier alpha value is -1.08. The lowest BCUT2D eigenvalue weighted by Crippen LogP contribution is -2.10. The van der Waals surface area contributed by atoms with Crippen molar-refractivity contribution < 1.29 is 0 Å². The summed E-state index contributed by atoms with van der Waals surface area (Å²) in [7, 11) is 0. The Labute approximate surface area is 118 Å². The van der Waals surface area contributed by atoms with Crippen molar-refractivity contribution >= 4 is 15.9 Å². The van der Waals surface area contributed by atoms with E-state index in [4.69, 9.17) is 0 Å². The third-order valence-electron chi connectivity index (χ3n) is 3.19. The molecule has 0 heterocycles. The van der Waals surface area contributed by atoms with Gasteiger partial charge in [0.05, 0.1) is 0 Å². The predicted octanol–water partition coefficient (Wildman–Crippen LogP) is 5.72. The second-order valence-corrected chi connectivity index (χ2v) is 6.66. The van der Waals surface area contributed by atoms with Gasteiger partial charge < -0.3 is 0 Å². The Morgan fingerprint density at radius 3 is 2.06 bits per heavy atom. The minimum absolute atomic E-state index is 0.181. The molecule has 0 aliphatic heterocycles. The molecule has 0 fully saturated rings. The summed E-state index contributed by atoms with van der Waals surface area (Å²) >= 11 is 3.65. The van der Waals surface area contributed by atoms with Gasteiger partial charge in [-0.05, 0) is 41.2 Å². The Morgan fingerprint density at radius 1 is 0.889 bits per heavy atom. The Bertz CT molecular complexity index is 545. The van der Waals surface area contributed by atoms with Gasteiger partial charge in [0.2, 0.25) is 0 Å². The topological polar surface area (TPSA) is 0 Å². The molecule has 0 spiro atoms. The van der Waals surface area contributed by atoms with Gasteiger partial charge >= 0.3 is 0 Å². The van der Waals surface area contributed by atoms with Crippen molar-refractivity contribution in [2.45, 2.75) is 33.1 Å². The van der Waals surface area contributed by atoms with Gasteiger partial charge in [-0.15, -0.1) is 0 Å². The fraction of sp³-hybridized carbons (Fsp3) is 0.294. The normalized spacial score (nSPS) is 11.6. The minimum Gasteiger partial charge on any atom is -0.0587 e. The van der Waals surface area contributed by atoms with E-state index in [0.29, 0.717) is 0 Å². The van der Waals surface area contributed by atoms with Crippen LogP contribution in [0.5, 0.6) is 0 Å². The van der Waals surface area contributed by atoms with Gasteiger partial charge in [0.15, 0.2) is 0 Å². The molecule has 0 atom stereocenters. The number of benzene rings is 2. The largest absolute Gasteiger partial charge is 0.0587 e. The zero-order chi connectivity index (χ0) is 13.3.